The van der Waals surface area contributed by atoms with Crippen LogP contribution >= 0.6 is 0 Å². The van der Waals surface area contributed by atoms with Gasteiger partial charge < -0.3 is 14.9 Å². The molecule has 11 heteroatoms. The molecule has 3 aromatic rings. The maximum absolute atomic E-state index is 14.9. The first-order chi connectivity index (χ1) is 17.4. The third-order valence-corrected chi connectivity index (χ3v) is 8.23. The van der Waals surface area contributed by atoms with Gasteiger partial charge in [-0.3, -0.25) is 0 Å². The molecule has 0 unspecified atom stereocenters. The molecule has 0 radical (unpaired) electrons. The van der Waals surface area contributed by atoms with E-state index in [0.717, 1.165) is 37.0 Å². The molecule has 3 atom stereocenters. The molecule has 0 spiro atoms. The minimum atomic E-state index is -4.75. The van der Waals surface area contributed by atoms with Crippen LogP contribution in [-0.2, 0) is 17.6 Å². The van der Waals surface area contributed by atoms with Gasteiger partial charge >= 0.3 is 6.18 Å². The van der Waals surface area contributed by atoms with Crippen LogP contribution in [0.3, 0.4) is 0 Å². The van der Waals surface area contributed by atoms with E-state index in [4.69, 9.17) is 9.84 Å². The molecular weight excluding hydrogens is 497 g/mol. The Hall–Kier alpha value is -3.05. The number of benzene rings is 2. The summed E-state index contributed by atoms with van der Waals surface area (Å²) in [7, 11) is 0. The number of rotatable bonds is 9. The largest absolute Gasteiger partial charge is 0.491 e. The van der Waals surface area contributed by atoms with Crippen LogP contribution in [0.15, 0.2) is 55.1 Å². The number of halogens is 5. The van der Waals surface area contributed by atoms with Crippen LogP contribution in [0.1, 0.15) is 37.3 Å². The average Bonchev–Trinajstić information content (AvgIpc) is 3.28. The van der Waals surface area contributed by atoms with Gasteiger partial charge in [0.25, 0.3) is 0 Å². The molecule has 3 fully saturated rings. The van der Waals surface area contributed by atoms with Crippen LogP contribution in [0.25, 0.3) is 0 Å². The summed E-state index contributed by atoms with van der Waals surface area (Å²) in [5.74, 6) is -1.75. The maximum atomic E-state index is 14.9. The predicted octanol–water partition coefficient (Wildman–Crippen LogP) is 4.50. The highest BCUT2D eigenvalue weighted by Crippen LogP contribution is 2.78. The van der Waals surface area contributed by atoms with Crippen molar-refractivity contribution in [1.29, 1.82) is 0 Å². The molecule has 37 heavy (non-hydrogen) atoms. The molecule has 0 aliphatic heterocycles. The van der Waals surface area contributed by atoms with E-state index in [1.807, 2.05) is 6.92 Å². The Labute approximate surface area is 209 Å². The van der Waals surface area contributed by atoms with Crippen LogP contribution in [0.4, 0.5) is 22.0 Å². The van der Waals surface area contributed by atoms with Crippen molar-refractivity contribution in [3.63, 3.8) is 0 Å². The van der Waals surface area contributed by atoms with Crippen LogP contribution in [0.5, 0.6) is 5.75 Å². The molecule has 6 nitrogen and oxygen atoms in total. The van der Waals surface area contributed by atoms with E-state index in [1.54, 1.807) is 24.3 Å². The van der Waals surface area contributed by atoms with Crippen molar-refractivity contribution in [3.8, 4) is 5.75 Å². The van der Waals surface area contributed by atoms with E-state index in [0.29, 0.717) is 0 Å². The Bertz CT molecular complexity index is 1250. The molecule has 6 rings (SSSR count). The number of nitrogens with zero attached hydrogens (tertiary/aromatic N) is 3. The van der Waals surface area contributed by atoms with Crippen molar-refractivity contribution < 1.29 is 36.9 Å². The zero-order chi connectivity index (χ0) is 26.6. The van der Waals surface area contributed by atoms with Gasteiger partial charge in [-0.05, 0) is 59.8 Å². The Morgan fingerprint density at radius 3 is 2.32 bits per heavy atom. The minimum absolute atomic E-state index is 0.00165. The zero-order valence-corrected chi connectivity index (χ0v) is 19.9. The predicted molar refractivity (Wildman–Crippen MR) is 121 cm³/mol. The normalized spacial score (nSPS) is 25.9. The second-order valence-corrected chi connectivity index (χ2v) is 10.4. The summed E-state index contributed by atoms with van der Waals surface area (Å²) in [6.45, 7) is 0.923. The summed E-state index contributed by atoms with van der Waals surface area (Å²) in [4.78, 5) is 3.90. The van der Waals surface area contributed by atoms with Gasteiger partial charge in [0.1, 0.15) is 42.2 Å². The lowest BCUT2D eigenvalue weighted by molar-refractivity contribution is -0.231. The van der Waals surface area contributed by atoms with Gasteiger partial charge in [0.05, 0.1) is 6.54 Å². The monoisotopic (exact) mass is 523 g/mol. The van der Waals surface area contributed by atoms with Gasteiger partial charge in [-0.2, -0.15) is 18.3 Å². The highest BCUT2D eigenvalue weighted by atomic mass is 19.4. The molecule has 1 aromatic heterocycles. The fraction of sp³-hybridized carbons (Fsp3) is 0.462. The van der Waals surface area contributed by atoms with E-state index < -0.39 is 42.0 Å². The summed E-state index contributed by atoms with van der Waals surface area (Å²) < 4.78 is 72.4. The van der Waals surface area contributed by atoms with Crippen molar-refractivity contribution in [2.45, 2.75) is 56.0 Å². The minimum Gasteiger partial charge on any atom is -0.491 e. The highest BCUT2D eigenvalue weighted by molar-refractivity contribution is 5.43. The number of aliphatic hydroxyl groups excluding tert-OH is 1. The number of ether oxygens (including phenoxy) is 1. The van der Waals surface area contributed by atoms with Crippen molar-refractivity contribution in [3.05, 3.63) is 77.9 Å². The first kappa shape index (κ1) is 25.6. The van der Waals surface area contributed by atoms with Crippen LogP contribution in [0.2, 0.25) is 0 Å². The third kappa shape index (κ3) is 4.37. The van der Waals surface area contributed by atoms with Crippen LogP contribution in [-0.4, -0.2) is 43.9 Å². The van der Waals surface area contributed by atoms with Crippen LogP contribution in [0, 0.1) is 23.0 Å². The quantitative estimate of drug-likeness (QED) is 0.404. The van der Waals surface area contributed by atoms with E-state index >= 15 is 0 Å². The van der Waals surface area contributed by atoms with E-state index in [9.17, 15) is 27.1 Å². The summed E-state index contributed by atoms with van der Waals surface area (Å²) in [6.07, 6.45) is -2.36. The van der Waals surface area contributed by atoms with E-state index in [-0.39, 0.29) is 28.7 Å². The topological polar surface area (TPSA) is 80.4 Å². The number of aliphatic hydroxyl groups is 2. The summed E-state index contributed by atoms with van der Waals surface area (Å²) in [5.41, 5.74) is -1.10. The fourth-order valence-corrected chi connectivity index (χ4v) is 6.17. The SMILES string of the molecule is C[C@@H](C12CC(c3ccc(OC[C@H](O)C(F)(F)F)cc3)(C1)C2)[C@@](O)(Cn1cncn1)c1ccc(F)cc1F. The molecule has 198 valence electrons. The molecule has 1 heterocycles. The molecule has 0 saturated heterocycles. The van der Waals surface area contributed by atoms with Gasteiger partial charge in [-0.15, -0.1) is 0 Å². The van der Waals surface area contributed by atoms with Gasteiger partial charge in [0.15, 0.2) is 6.10 Å². The van der Waals surface area contributed by atoms with Gasteiger partial charge in [0.2, 0.25) is 0 Å². The van der Waals surface area contributed by atoms with Crippen LogP contribution < -0.4 is 4.74 Å². The maximum Gasteiger partial charge on any atom is 0.417 e. The van der Waals surface area contributed by atoms with Crippen molar-refractivity contribution >= 4 is 0 Å². The molecule has 2 bridgehead atoms. The smallest absolute Gasteiger partial charge is 0.417 e. The van der Waals surface area contributed by atoms with Crippen molar-refractivity contribution in [2.75, 3.05) is 6.61 Å². The first-order valence-electron chi connectivity index (χ1n) is 11.9. The zero-order valence-electron chi connectivity index (χ0n) is 19.9. The Balaban J connectivity index is 1.31. The lowest BCUT2D eigenvalue weighted by atomic mass is 9.29. The van der Waals surface area contributed by atoms with E-state index in [2.05, 4.69) is 10.1 Å². The number of hydrogen-bond acceptors (Lipinski definition) is 5. The molecule has 0 amide bonds. The standard InChI is InChI=1S/C26H26F5N3O3/c1-16(25(36,13-34-15-32-14-33-34)20-7-4-18(27)8-21(20)28)23-10-24(11-23,12-23)17-2-5-19(6-3-17)37-9-22(35)26(29,30)31/h2-8,14-16,22,35-36H,9-13H2,1H3/t16-,22-,23?,24?,25-/m0/s1. The molecule has 3 aliphatic carbocycles. The fourth-order valence-electron chi connectivity index (χ4n) is 6.17. The lowest BCUT2D eigenvalue weighted by Crippen LogP contribution is -2.70. The van der Waals surface area contributed by atoms with E-state index in [1.165, 1.54) is 23.4 Å². The highest BCUT2D eigenvalue weighted by Gasteiger charge is 2.72. The second-order valence-electron chi connectivity index (χ2n) is 10.4. The van der Waals surface area contributed by atoms with Crippen molar-refractivity contribution in [1.82, 2.24) is 14.8 Å². The Morgan fingerprint density at radius 2 is 1.76 bits per heavy atom. The number of hydrogen-bond donors (Lipinski definition) is 2. The number of aromatic nitrogens is 3. The van der Waals surface area contributed by atoms with Crippen molar-refractivity contribution in [2.24, 2.45) is 11.3 Å². The average molecular weight is 524 g/mol. The summed E-state index contributed by atoms with van der Waals surface area (Å²) >= 11 is 0. The number of alkyl halides is 3. The van der Waals surface area contributed by atoms with Gasteiger partial charge in [-0.1, -0.05) is 25.1 Å². The second kappa shape index (κ2) is 8.76. The molecule has 2 aromatic carbocycles. The van der Waals surface area contributed by atoms with Gasteiger partial charge in [-0.25, -0.2) is 18.4 Å². The summed E-state index contributed by atoms with van der Waals surface area (Å²) in [5, 5.41) is 25.1. The Morgan fingerprint density at radius 1 is 1.08 bits per heavy atom. The third-order valence-electron chi connectivity index (χ3n) is 8.23. The molecular formula is C26H26F5N3O3. The molecule has 3 saturated carbocycles. The lowest BCUT2D eigenvalue weighted by Gasteiger charge is -2.75. The Kier molecular flexibility index (Phi) is 6.06. The molecule has 3 aliphatic rings. The van der Waals surface area contributed by atoms with Gasteiger partial charge in [0, 0.05) is 11.6 Å². The molecule has 2 N–H and O–H groups in total. The first-order valence-corrected chi connectivity index (χ1v) is 11.9. The summed E-state index contributed by atoms with van der Waals surface area (Å²) in [6, 6.07) is 9.89.